The summed E-state index contributed by atoms with van der Waals surface area (Å²) in [6.45, 7) is 6.24. The van der Waals surface area contributed by atoms with Gasteiger partial charge in [0.05, 0.1) is 19.3 Å². The van der Waals surface area contributed by atoms with Crippen molar-refractivity contribution in [1.29, 1.82) is 0 Å². The minimum absolute atomic E-state index is 0.108. The number of rotatable bonds is 9. The molecule has 4 rings (SSSR count). The third-order valence-corrected chi connectivity index (χ3v) is 5.84. The van der Waals surface area contributed by atoms with E-state index >= 15 is 0 Å². The lowest BCUT2D eigenvalue weighted by Crippen LogP contribution is -2.47. The molecule has 0 fully saturated rings. The second kappa shape index (κ2) is 11.1. The number of amides is 3. The van der Waals surface area contributed by atoms with E-state index in [1.165, 1.54) is 4.90 Å². The van der Waals surface area contributed by atoms with Gasteiger partial charge in [-0.2, -0.15) is 0 Å². The number of anilines is 1. The number of furan rings is 1. The fourth-order valence-electron chi connectivity index (χ4n) is 3.92. The first-order valence-electron chi connectivity index (χ1n) is 11.8. The first-order chi connectivity index (χ1) is 17.3. The normalized spacial score (nSPS) is 11.9. The minimum Gasteiger partial charge on any atom is -0.495 e. The number of carbonyl (C=O) groups is 2. The van der Waals surface area contributed by atoms with E-state index in [-0.39, 0.29) is 37.9 Å². The number of carbonyl (C=O) groups excluding carboxylic acids is 2. The van der Waals surface area contributed by atoms with E-state index in [0.29, 0.717) is 35.2 Å². The molecule has 9 nitrogen and oxygen atoms in total. The van der Waals surface area contributed by atoms with Gasteiger partial charge in [0.1, 0.15) is 23.8 Å². The summed E-state index contributed by atoms with van der Waals surface area (Å²) in [7, 11) is 1.54. The number of methoxy groups -OCH3 is 1. The number of aryl methyl sites for hydroxylation is 1. The van der Waals surface area contributed by atoms with E-state index in [0.717, 1.165) is 11.3 Å². The predicted molar refractivity (Wildman–Crippen MR) is 134 cm³/mol. The van der Waals surface area contributed by atoms with Gasteiger partial charge in [0.25, 0.3) is 0 Å². The molecule has 0 bridgehead atoms. The van der Waals surface area contributed by atoms with Gasteiger partial charge in [0.2, 0.25) is 12.7 Å². The molecule has 0 atom stereocenters. The fraction of sp³-hybridized carbons (Fsp3) is 0.333. The van der Waals surface area contributed by atoms with E-state index < -0.39 is 0 Å². The molecule has 0 spiro atoms. The van der Waals surface area contributed by atoms with E-state index in [2.05, 4.69) is 5.32 Å². The Kier molecular flexibility index (Phi) is 7.68. The van der Waals surface area contributed by atoms with Gasteiger partial charge in [0, 0.05) is 12.6 Å². The molecule has 1 N–H and O–H groups in total. The number of hydrogen-bond acceptors (Lipinski definition) is 6. The van der Waals surface area contributed by atoms with Gasteiger partial charge in [-0.25, -0.2) is 4.79 Å². The van der Waals surface area contributed by atoms with E-state index in [9.17, 15) is 9.59 Å². The van der Waals surface area contributed by atoms with Gasteiger partial charge in [0.15, 0.2) is 11.5 Å². The standard InChI is InChI=1S/C27H31N3O6/c1-18(2)30(27(32)28-22-7-5-6-8-23(22)33-4)16-26(31)29(15-21-11-9-19(3)36-21)14-20-10-12-24-25(13-20)35-17-34-24/h5-13,18H,14-17H2,1-4H3,(H,28,32). The molecule has 1 aromatic heterocycles. The Morgan fingerprint density at radius 3 is 2.53 bits per heavy atom. The first kappa shape index (κ1) is 25.0. The Bertz CT molecular complexity index is 1220. The Hall–Kier alpha value is -4.14. The Morgan fingerprint density at radius 2 is 1.81 bits per heavy atom. The summed E-state index contributed by atoms with van der Waals surface area (Å²) in [5, 5.41) is 2.86. The number of benzene rings is 2. The number of para-hydroxylation sites is 2. The zero-order chi connectivity index (χ0) is 25.7. The van der Waals surface area contributed by atoms with Gasteiger partial charge in [-0.05, 0) is 62.7 Å². The third kappa shape index (κ3) is 5.91. The lowest BCUT2D eigenvalue weighted by Gasteiger charge is -2.30. The smallest absolute Gasteiger partial charge is 0.322 e. The molecule has 36 heavy (non-hydrogen) atoms. The molecular weight excluding hydrogens is 462 g/mol. The van der Waals surface area contributed by atoms with Crippen molar-refractivity contribution < 1.29 is 28.2 Å². The van der Waals surface area contributed by atoms with Crippen LogP contribution in [0.3, 0.4) is 0 Å². The maximum atomic E-state index is 13.6. The van der Waals surface area contributed by atoms with Crippen LogP contribution in [0.1, 0.15) is 30.9 Å². The number of hydrogen-bond donors (Lipinski definition) is 1. The van der Waals surface area contributed by atoms with E-state index in [4.69, 9.17) is 18.6 Å². The zero-order valence-corrected chi connectivity index (χ0v) is 20.9. The van der Waals surface area contributed by atoms with Crippen LogP contribution in [-0.2, 0) is 17.9 Å². The highest BCUT2D eigenvalue weighted by atomic mass is 16.7. The number of fused-ring (bicyclic) bond motifs is 1. The van der Waals surface area contributed by atoms with Crippen molar-refractivity contribution in [3.8, 4) is 17.2 Å². The van der Waals surface area contributed by atoms with Crippen LogP contribution < -0.4 is 19.5 Å². The highest BCUT2D eigenvalue weighted by Crippen LogP contribution is 2.33. The molecule has 1 aliphatic rings. The number of nitrogens with zero attached hydrogens (tertiary/aromatic N) is 2. The third-order valence-electron chi connectivity index (χ3n) is 5.84. The van der Waals surface area contributed by atoms with Crippen molar-refractivity contribution in [2.45, 2.75) is 39.9 Å². The van der Waals surface area contributed by atoms with Crippen LogP contribution in [0, 0.1) is 6.92 Å². The zero-order valence-electron chi connectivity index (χ0n) is 20.9. The average molecular weight is 494 g/mol. The van der Waals surface area contributed by atoms with Crippen LogP contribution in [0.15, 0.2) is 59.0 Å². The summed E-state index contributed by atoms with van der Waals surface area (Å²) < 4.78 is 22.0. The second-order valence-electron chi connectivity index (χ2n) is 8.80. The SMILES string of the molecule is COc1ccccc1NC(=O)N(CC(=O)N(Cc1ccc2c(c1)OCO2)Cc1ccc(C)o1)C(C)C. The van der Waals surface area contributed by atoms with Crippen molar-refractivity contribution in [3.05, 3.63) is 71.7 Å². The molecule has 0 unspecified atom stereocenters. The number of ether oxygens (including phenoxy) is 3. The van der Waals surface area contributed by atoms with Crippen molar-refractivity contribution in [3.63, 3.8) is 0 Å². The number of nitrogens with one attached hydrogen (secondary N) is 1. The maximum absolute atomic E-state index is 13.6. The topological polar surface area (TPSA) is 93.5 Å². The van der Waals surface area contributed by atoms with Crippen molar-refractivity contribution in [2.24, 2.45) is 0 Å². The first-order valence-corrected chi connectivity index (χ1v) is 11.8. The molecule has 0 saturated heterocycles. The predicted octanol–water partition coefficient (Wildman–Crippen LogP) is 4.80. The molecule has 3 amide bonds. The average Bonchev–Trinajstić information content (AvgIpc) is 3.50. The molecule has 0 aliphatic carbocycles. The van der Waals surface area contributed by atoms with Crippen LogP contribution in [0.25, 0.3) is 0 Å². The quantitative estimate of drug-likeness (QED) is 0.460. The summed E-state index contributed by atoms with van der Waals surface area (Å²) >= 11 is 0. The molecule has 9 heteroatoms. The van der Waals surface area contributed by atoms with Gasteiger partial charge >= 0.3 is 6.03 Å². The van der Waals surface area contributed by atoms with Crippen LogP contribution >= 0.6 is 0 Å². The summed E-state index contributed by atoms with van der Waals surface area (Å²) in [5.41, 5.74) is 1.41. The Morgan fingerprint density at radius 1 is 1.03 bits per heavy atom. The summed E-state index contributed by atoms with van der Waals surface area (Å²) in [4.78, 5) is 29.9. The maximum Gasteiger partial charge on any atom is 0.322 e. The molecule has 190 valence electrons. The lowest BCUT2D eigenvalue weighted by atomic mass is 10.1. The van der Waals surface area contributed by atoms with Crippen molar-refractivity contribution in [1.82, 2.24) is 9.80 Å². The van der Waals surface area contributed by atoms with Gasteiger partial charge in [-0.1, -0.05) is 18.2 Å². The molecule has 3 aromatic rings. The Labute approximate surface area is 210 Å². The lowest BCUT2D eigenvalue weighted by molar-refractivity contribution is -0.133. The van der Waals surface area contributed by atoms with Gasteiger partial charge < -0.3 is 33.7 Å². The van der Waals surface area contributed by atoms with E-state index in [1.54, 1.807) is 30.2 Å². The van der Waals surface area contributed by atoms with Crippen molar-refractivity contribution in [2.75, 3.05) is 25.8 Å². The minimum atomic E-state index is -0.389. The summed E-state index contributed by atoms with van der Waals surface area (Å²) in [6.07, 6.45) is 0. The summed E-state index contributed by atoms with van der Waals surface area (Å²) in [6, 6.07) is 15.8. The van der Waals surface area contributed by atoms with Gasteiger partial charge in [-0.15, -0.1) is 0 Å². The van der Waals surface area contributed by atoms with Gasteiger partial charge in [-0.3, -0.25) is 4.79 Å². The fourth-order valence-corrected chi connectivity index (χ4v) is 3.92. The highest BCUT2D eigenvalue weighted by molar-refractivity contribution is 5.93. The van der Waals surface area contributed by atoms with Crippen LogP contribution in [0.5, 0.6) is 17.2 Å². The molecule has 1 aliphatic heterocycles. The largest absolute Gasteiger partial charge is 0.495 e. The van der Waals surface area contributed by atoms with Crippen LogP contribution in [-0.4, -0.2) is 48.2 Å². The van der Waals surface area contributed by atoms with E-state index in [1.807, 2.05) is 57.2 Å². The van der Waals surface area contributed by atoms with Crippen LogP contribution in [0.2, 0.25) is 0 Å². The molecular formula is C27H31N3O6. The monoisotopic (exact) mass is 493 g/mol. The summed E-state index contributed by atoms with van der Waals surface area (Å²) in [5.74, 6) is 3.08. The van der Waals surface area contributed by atoms with Crippen molar-refractivity contribution >= 4 is 17.6 Å². The molecule has 0 saturated carbocycles. The highest BCUT2D eigenvalue weighted by Gasteiger charge is 2.26. The Balaban J connectivity index is 1.52. The molecule has 2 heterocycles. The number of urea groups is 1. The van der Waals surface area contributed by atoms with Crippen LogP contribution in [0.4, 0.5) is 10.5 Å². The molecule has 0 radical (unpaired) electrons. The second-order valence-corrected chi connectivity index (χ2v) is 8.80. The molecule has 2 aromatic carbocycles.